The third-order valence-corrected chi connectivity index (χ3v) is 3.53. The van der Waals surface area contributed by atoms with E-state index in [4.69, 9.17) is 10.6 Å². The van der Waals surface area contributed by atoms with Crippen LogP contribution >= 0.6 is 15.9 Å². The fourth-order valence-electron chi connectivity index (χ4n) is 2.09. The van der Waals surface area contributed by atoms with Gasteiger partial charge < -0.3 is 4.74 Å². The molecule has 0 aliphatic carbocycles. The Balaban J connectivity index is 1.97. The Labute approximate surface area is 104 Å². The van der Waals surface area contributed by atoms with Crippen molar-refractivity contribution in [2.45, 2.75) is 31.4 Å². The van der Waals surface area contributed by atoms with Gasteiger partial charge in [-0.05, 0) is 37.0 Å². The molecule has 1 saturated heterocycles. The summed E-state index contributed by atoms with van der Waals surface area (Å²) in [6, 6.07) is 8.55. The average molecular weight is 285 g/mol. The number of hydrogen-bond donors (Lipinski definition) is 2. The zero-order chi connectivity index (χ0) is 11.4. The van der Waals surface area contributed by atoms with Crippen LogP contribution in [0.4, 0.5) is 0 Å². The molecule has 1 aliphatic heterocycles. The lowest BCUT2D eigenvalue weighted by Gasteiger charge is -2.22. The molecule has 0 bridgehead atoms. The molecule has 0 saturated carbocycles. The minimum absolute atomic E-state index is 0.212. The smallest absolute Gasteiger partial charge is 0.0745 e. The minimum atomic E-state index is 0.212. The first-order chi connectivity index (χ1) is 7.79. The Bertz CT molecular complexity index is 322. The molecule has 0 amide bonds. The molecule has 2 unspecified atom stereocenters. The first-order valence-electron chi connectivity index (χ1n) is 5.62. The molecule has 0 aromatic heterocycles. The maximum absolute atomic E-state index is 5.65. The molecule has 16 heavy (non-hydrogen) atoms. The van der Waals surface area contributed by atoms with E-state index in [-0.39, 0.29) is 12.1 Å². The number of nitrogens with one attached hydrogen (secondary N) is 1. The van der Waals surface area contributed by atoms with Crippen molar-refractivity contribution in [3.8, 4) is 0 Å². The van der Waals surface area contributed by atoms with Crippen LogP contribution in [0.15, 0.2) is 28.7 Å². The lowest BCUT2D eigenvalue weighted by Crippen LogP contribution is -2.45. The van der Waals surface area contributed by atoms with Crippen molar-refractivity contribution in [2.24, 2.45) is 5.84 Å². The van der Waals surface area contributed by atoms with E-state index < -0.39 is 0 Å². The molecule has 4 heteroatoms. The van der Waals surface area contributed by atoms with E-state index in [1.54, 1.807) is 0 Å². The Morgan fingerprint density at radius 1 is 1.44 bits per heavy atom. The van der Waals surface area contributed by atoms with Crippen molar-refractivity contribution < 1.29 is 4.74 Å². The van der Waals surface area contributed by atoms with Crippen molar-refractivity contribution >= 4 is 15.9 Å². The standard InChI is InChI=1S/C12H17BrN2O/c13-10-5-3-9(4-6-10)8-11(15-14)12-2-1-7-16-12/h3-6,11-12,15H,1-2,7-8,14H2. The predicted molar refractivity (Wildman–Crippen MR) is 67.9 cm³/mol. The van der Waals surface area contributed by atoms with Gasteiger partial charge in [-0.2, -0.15) is 0 Å². The van der Waals surface area contributed by atoms with E-state index in [0.29, 0.717) is 0 Å². The van der Waals surface area contributed by atoms with Gasteiger partial charge in [0, 0.05) is 11.1 Å². The van der Waals surface area contributed by atoms with Gasteiger partial charge in [0.2, 0.25) is 0 Å². The van der Waals surface area contributed by atoms with Gasteiger partial charge in [-0.15, -0.1) is 0 Å². The first-order valence-corrected chi connectivity index (χ1v) is 6.41. The number of hydrazine groups is 1. The summed E-state index contributed by atoms with van der Waals surface area (Å²) in [5.74, 6) is 5.59. The molecule has 2 rings (SSSR count). The second-order valence-electron chi connectivity index (χ2n) is 4.16. The fourth-order valence-corrected chi connectivity index (χ4v) is 2.36. The number of benzene rings is 1. The van der Waals surface area contributed by atoms with Crippen molar-refractivity contribution in [1.29, 1.82) is 0 Å². The highest BCUT2D eigenvalue weighted by molar-refractivity contribution is 9.10. The average Bonchev–Trinajstić information content (AvgIpc) is 2.82. The highest BCUT2D eigenvalue weighted by atomic mass is 79.9. The van der Waals surface area contributed by atoms with Gasteiger partial charge >= 0.3 is 0 Å². The normalized spacial score (nSPS) is 22.2. The molecular weight excluding hydrogens is 268 g/mol. The highest BCUT2D eigenvalue weighted by Crippen LogP contribution is 2.19. The summed E-state index contributed by atoms with van der Waals surface area (Å²) in [6.07, 6.45) is 3.41. The van der Waals surface area contributed by atoms with Crippen molar-refractivity contribution in [2.75, 3.05) is 6.61 Å². The summed E-state index contributed by atoms with van der Waals surface area (Å²) in [5.41, 5.74) is 4.15. The Hall–Kier alpha value is -0.420. The van der Waals surface area contributed by atoms with Gasteiger partial charge in [-0.1, -0.05) is 28.1 Å². The number of ether oxygens (including phenoxy) is 1. The number of halogens is 1. The van der Waals surface area contributed by atoms with E-state index in [1.165, 1.54) is 5.56 Å². The molecule has 1 aliphatic rings. The molecule has 0 spiro atoms. The molecule has 1 aromatic rings. The van der Waals surface area contributed by atoms with Crippen LogP contribution in [0, 0.1) is 0 Å². The lowest BCUT2D eigenvalue weighted by atomic mass is 10.0. The second kappa shape index (κ2) is 5.77. The van der Waals surface area contributed by atoms with Gasteiger partial charge in [0.15, 0.2) is 0 Å². The van der Waals surface area contributed by atoms with Gasteiger partial charge in [-0.3, -0.25) is 11.3 Å². The topological polar surface area (TPSA) is 47.3 Å². The van der Waals surface area contributed by atoms with Crippen LogP contribution in [0.5, 0.6) is 0 Å². The monoisotopic (exact) mass is 284 g/mol. The molecule has 88 valence electrons. The first kappa shape index (κ1) is 12.0. The summed E-state index contributed by atoms with van der Waals surface area (Å²) in [6.45, 7) is 0.864. The summed E-state index contributed by atoms with van der Waals surface area (Å²) < 4.78 is 6.75. The van der Waals surface area contributed by atoms with Crippen LogP contribution in [-0.4, -0.2) is 18.8 Å². The Kier molecular flexibility index (Phi) is 4.35. The third-order valence-electron chi connectivity index (χ3n) is 3.00. The molecule has 3 nitrogen and oxygen atoms in total. The molecule has 3 N–H and O–H groups in total. The SMILES string of the molecule is NNC(Cc1ccc(Br)cc1)C1CCCO1. The summed E-state index contributed by atoms with van der Waals surface area (Å²) in [7, 11) is 0. The van der Waals surface area contributed by atoms with Crippen molar-refractivity contribution in [3.63, 3.8) is 0 Å². The number of rotatable bonds is 4. The molecule has 1 heterocycles. The summed E-state index contributed by atoms with van der Waals surface area (Å²) in [4.78, 5) is 0. The van der Waals surface area contributed by atoms with Crippen LogP contribution in [0.25, 0.3) is 0 Å². The predicted octanol–water partition coefficient (Wildman–Crippen LogP) is 2.00. The fraction of sp³-hybridized carbons (Fsp3) is 0.500. The van der Waals surface area contributed by atoms with Gasteiger partial charge in [-0.25, -0.2) is 0 Å². The quantitative estimate of drug-likeness (QED) is 0.657. The van der Waals surface area contributed by atoms with Gasteiger partial charge in [0.1, 0.15) is 0 Å². The zero-order valence-corrected chi connectivity index (χ0v) is 10.7. The zero-order valence-electron chi connectivity index (χ0n) is 9.16. The van der Waals surface area contributed by atoms with E-state index in [9.17, 15) is 0 Å². The Morgan fingerprint density at radius 3 is 2.75 bits per heavy atom. The van der Waals surface area contributed by atoms with Gasteiger partial charge in [0.05, 0.1) is 12.1 Å². The van der Waals surface area contributed by atoms with Crippen molar-refractivity contribution in [3.05, 3.63) is 34.3 Å². The molecular formula is C12H17BrN2O. The molecule has 1 fully saturated rings. The van der Waals surface area contributed by atoms with Gasteiger partial charge in [0.25, 0.3) is 0 Å². The highest BCUT2D eigenvalue weighted by Gasteiger charge is 2.24. The molecule has 2 atom stereocenters. The summed E-state index contributed by atoms with van der Waals surface area (Å²) >= 11 is 3.43. The number of hydrogen-bond acceptors (Lipinski definition) is 3. The van der Waals surface area contributed by atoms with E-state index >= 15 is 0 Å². The Morgan fingerprint density at radius 2 is 2.19 bits per heavy atom. The third kappa shape index (κ3) is 3.04. The van der Waals surface area contributed by atoms with Crippen LogP contribution < -0.4 is 11.3 Å². The van der Waals surface area contributed by atoms with Crippen molar-refractivity contribution in [1.82, 2.24) is 5.43 Å². The maximum atomic E-state index is 5.65. The molecule has 0 radical (unpaired) electrons. The lowest BCUT2D eigenvalue weighted by molar-refractivity contribution is 0.0784. The van der Waals surface area contributed by atoms with Crippen LogP contribution in [0.2, 0.25) is 0 Å². The van der Waals surface area contributed by atoms with E-state index in [1.807, 2.05) is 0 Å². The second-order valence-corrected chi connectivity index (χ2v) is 5.07. The minimum Gasteiger partial charge on any atom is -0.377 e. The number of nitrogens with two attached hydrogens (primary N) is 1. The van der Waals surface area contributed by atoms with E-state index in [2.05, 4.69) is 45.6 Å². The molecule has 1 aromatic carbocycles. The van der Waals surface area contributed by atoms with Crippen LogP contribution in [0.3, 0.4) is 0 Å². The largest absolute Gasteiger partial charge is 0.377 e. The van der Waals surface area contributed by atoms with Crippen LogP contribution in [0.1, 0.15) is 18.4 Å². The van der Waals surface area contributed by atoms with E-state index in [0.717, 1.165) is 30.3 Å². The van der Waals surface area contributed by atoms with Crippen LogP contribution in [-0.2, 0) is 11.2 Å². The summed E-state index contributed by atoms with van der Waals surface area (Å²) in [5, 5.41) is 0. The maximum Gasteiger partial charge on any atom is 0.0745 e.